The number of aliphatic carboxylic acids is 1. The van der Waals surface area contributed by atoms with E-state index in [1.807, 2.05) is 30.0 Å². The molecule has 1 aliphatic heterocycles. The summed E-state index contributed by atoms with van der Waals surface area (Å²) >= 11 is 0. The second-order valence-electron chi connectivity index (χ2n) is 9.55. The van der Waals surface area contributed by atoms with Crippen molar-refractivity contribution < 1.29 is 24.3 Å². The van der Waals surface area contributed by atoms with Crippen molar-refractivity contribution in [2.75, 3.05) is 30.3 Å². The number of para-hydroxylation sites is 1. The summed E-state index contributed by atoms with van der Waals surface area (Å²) in [4.78, 5) is 51.4. The summed E-state index contributed by atoms with van der Waals surface area (Å²) in [5, 5.41) is 17.9. The smallest absolute Gasteiger partial charge is 0.323 e. The molecule has 9 heteroatoms. The van der Waals surface area contributed by atoms with E-state index in [2.05, 4.69) is 29.8 Å². The van der Waals surface area contributed by atoms with E-state index in [0.29, 0.717) is 30.4 Å². The molecule has 2 aromatic carbocycles. The number of carbonyl (C=O) groups excluding carboxylic acids is 3. The highest BCUT2D eigenvalue weighted by Gasteiger charge is 2.36. The molecule has 1 aliphatic rings. The fourth-order valence-electron chi connectivity index (χ4n) is 4.35. The second-order valence-corrected chi connectivity index (χ2v) is 9.55. The summed E-state index contributed by atoms with van der Waals surface area (Å²) in [5.41, 5.74) is 2.31. The Labute approximate surface area is 211 Å². The van der Waals surface area contributed by atoms with Crippen LogP contribution in [-0.2, 0) is 9.59 Å². The molecule has 0 aliphatic carbocycles. The minimum atomic E-state index is -0.944. The summed E-state index contributed by atoms with van der Waals surface area (Å²) < 4.78 is 0. The van der Waals surface area contributed by atoms with Gasteiger partial charge in [0, 0.05) is 42.6 Å². The number of nitrogens with zero attached hydrogens (tertiary/aromatic N) is 1. The van der Waals surface area contributed by atoms with Crippen molar-refractivity contribution in [2.24, 2.45) is 5.92 Å². The van der Waals surface area contributed by atoms with Gasteiger partial charge in [0.05, 0.1) is 12.5 Å². The van der Waals surface area contributed by atoms with Crippen molar-refractivity contribution in [3.8, 4) is 0 Å². The van der Waals surface area contributed by atoms with Gasteiger partial charge in [0.2, 0.25) is 11.6 Å². The Morgan fingerprint density at radius 1 is 1.06 bits per heavy atom. The summed E-state index contributed by atoms with van der Waals surface area (Å²) in [5.74, 6) is -1.71. The van der Waals surface area contributed by atoms with E-state index in [9.17, 15) is 19.2 Å². The highest BCUT2D eigenvalue weighted by molar-refractivity contribution is 6.45. The van der Waals surface area contributed by atoms with Crippen LogP contribution in [0.15, 0.2) is 48.5 Å². The Morgan fingerprint density at radius 2 is 1.75 bits per heavy atom. The lowest BCUT2D eigenvalue weighted by Crippen LogP contribution is -2.60. The molecule has 2 amide bonds. The van der Waals surface area contributed by atoms with E-state index in [-0.39, 0.29) is 24.6 Å². The third-order valence-electron chi connectivity index (χ3n) is 6.19. The molecule has 0 saturated carbocycles. The average Bonchev–Trinajstić information content (AvgIpc) is 2.83. The number of hydrogen-bond donors (Lipinski definition) is 4. The second kappa shape index (κ2) is 12.4. The molecule has 3 rings (SSSR count). The third-order valence-corrected chi connectivity index (χ3v) is 6.19. The predicted molar refractivity (Wildman–Crippen MR) is 138 cm³/mol. The molecule has 9 nitrogen and oxygen atoms in total. The Morgan fingerprint density at radius 3 is 2.39 bits per heavy atom. The molecule has 2 atom stereocenters. The van der Waals surface area contributed by atoms with E-state index in [1.54, 1.807) is 18.2 Å². The van der Waals surface area contributed by atoms with Crippen molar-refractivity contribution in [2.45, 2.75) is 45.7 Å². The average molecular weight is 495 g/mol. The molecular weight excluding hydrogens is 460 g/mol. The number of aryl methyl sites for hydroxylation is 1. The number of piperazine rings is 1. The Bertz CT molecular complexity index is 1100. The monoisotopic (exact) mass is 494 g/mol. The SMILES string of the molecule is Cc1ccccc1NC(=O)Nc1ccc(C(=O)C(=O)C2CNC(CC(C)C)CN2CCC(=O)O)cc1. The van der Waals surface area contributed by atoms with Gasteiger partial charge in [-0.1, -0.05) is 32.0 Å². The zero-order chi connectivity index (χ0) is 26.2. The maximum Gasteiger partial charge on any atom is 0.323 e. The molecule has 192 valence electrons. The Balaban J connectivity index is 1.63. The van der Waals surface area contributed by atoms with Crippen molar-refractivity contribution in [1.82, 2.24) is 10.2 Å². The van der Waals surface area contributed by atoms with Gasteiger partial charge in [-0.15, -0.1) is 0 Å². The number of rotatable bonds is 10. The summed E-state index contributed by atoms with van der Waals surface area (Å²) in [6.45, 7) is 7.11. The molecule has 1 fully saturated rings. The van der Waals surface area contributed by atoms with Crippen molar-refractivity contribution in [3.63, 3.8) is 0 Å². The van der Waals surface area contributed by atoms with Crippen molar-refractivity contribution >= 4 is 34.9 Å². The number of carboxylic acid groups (broad SMARTS) is 1. The number of benzene rings is 2. The van der Waals surface area contributed by atoms with Gasteiger partial charge in [0.15, 0.2) is 0 Å². The first-order valence-electron chi connectivity index (χ1n) is 12.2. The molecule has 2 unspecified atom stereocenters. The van der Waals surface area contributed by atoms with Gasteiger partial charge in [-0.3, -0.25) is 19.3 Å². The van der Waals surface area contributed by atoms with E-state index in [0.717, 1.165) is 12.0 Å². The van der Waals surface area contributed by atoms with Crippen molar-refractivity contribution in [3.05, 3.63) is 59.7 Å². The molecule has 0 aromatic heterocycles. The van der Waals surface area contributed by atoms with Gasteiger partial charge < -0.3 is 21.1 Å². The normalized spacial score (nSPS) is 18.0. The molecule has 0 bridgehead atoms. The first-order chi connectivity index (χ1) is 17.1. The molecular formula is C27H34N4O5. The van der Waals surface area contributed by atoms with Crippen LogP contribution >= 0.6 is 0 Å². The molecule has 2 aromatic rings. The number of carboxylic acids is 1. The van der Waals surface area contributed by atoms with Crippen molar-refractivity contribution in [1.29, 1.82) is 0 Å². The highest BCUT2D eigenvalue weighted by atomic mass is 16.4. The van der Waals surface area contributed by atoms with Gasteiger partial charge in [-0.25, -0.2) is 4.79 Å². The largest absolute Gasteiger partial charge is 0.481 e. The standard InChI is InChI=1S/C27H34N4O5/c1-17(2)14-21-16-31(13-12-24(32)33)23(15-28-21)26(35)25(34)19-8-10-20(11-9-19)29-27(36)30-22-7-5-4-6-18(22)3/h4-11,17,21,23,28H,12-16H2,1-3H3,(H,32,33)(H2,29,30,36). The number of anilines is 2. The zero-order valence-electron chi connectivity index (χ0n) is 20.9. The van der Waals surface area contributed by atoms with Crippen LogP contribution in [0.1, 0.15) is 42.6 Å². The van der Waals surface area contributed by atoms with Crippen LogP contribution in [0.5, 0.6) is 0 Å². The maximum absolute atomic E-state index is 13.1. The van der Waals surface area contributed by atoms with Crippen LogP contribution in [0, 0.1) is 12.8 Å². The molecule has 1 heterocycles. The first kappa shape index (κ1) is 27.0. The van der Waals surface area contributed by atoms with E-state index in [1.165, 1.54) is 12.1 Å². The molecule has 1 saturated heterocycles. The minimum Gasteiger partial charge on any atom is -0.481 e. The fourth-order valence-corrected chi connectivity index (χ4v) is 4.35. The molecule has 0 spiro atoms. The summed E-state index contributed by atoms with van der Waals surface area (Å²) in [6.07, 6.45) is 0.793. The summed E-state index contributed by atoms with van der Waals surface area (Å²) in [7, 11) is 0. The number of ketones is 2. The topological polar surface area (TPSA) is 128 Å². The lowest BCUT2D eigenvalue weighted by molar-refractivity contribution is -0.138. The third kappa shape index (κ3) is 7.47. The quantitative estimate of drug-likeness (QED) is 0.294. The predicted octanol–water partition coefficient (Wildman–Crippen LogP) is 3.55. The number of carbonyl (C=O) groups is 4. The van der Waals surface area contributed by atoms with Gasteiger partial charge in [0.25, 0.3) is 0 Å². The lowest BCUT2D eigenvalue weighted by atomic mass is 9.95. The van der Waals surface area contributed by atoms with Gasteiger partial charge >= 0.3 is 12.0 Å². The number of urea groups is 1. The van der Waals surface area contributed by atoms with E-state index < -0.39 is 29.6 Å². The van der Waals surface area contributed by atoms with Crippen LogP contribution in [-0.4, -0.2) is 65.3 Å². The minimum absolute atomic E-state index is 0.0999. The van der Waals surface area contributed by atoms with Crippen LogP contribution in [0.3, 0.4) is 0 Å². The highest BCUT2D eigenvalue weighted by Crippen LogP contribution is 2.18. The number of amides is 2. The van der Waals surface area contributed by atoms with Gasteiger partial charge in [-0.2, -0.15) is 0 Å². The number of hydrogen-bond acceptors (Lipinski definition) is 6. The van der Waals surface area contributed by atoms with E-state index in [4.69, 9.17) is 5.11 Å². The summed E-state index contributed by atoms with van der Waals surface area (Å²) in [6, 6.07) is 12.5. The van der Waals surface area contributed by atoms with Gasteiger partial charge in [0.1, 0.15) is 0 Å². The lowest BCUT2D eigenvalue weighted by Gasteiger charge is -2.39. The Hall–Kier alpha value is -3.56. The molecule has 0 radical (unpaired) electrons. The fraction of sp³-hybridized carbons (Fsp3) is 0.407. The molecule has 4 N–H and O–H groups in total. The number of Topliss-reactive ketones (excluding diaryl/α,β-unsaturated/α-hetero) is 2. The van der Waals surface area contributed by atoms with Crippen LogP contribution < -0.4 is 16.0 Å². The molecule has 36 heavy (non-hydrogen) atoms. The zero-order valence-corrected chi connectivity index (χ0v) is 20.9. The van der Waals surface area contributed by atoms with Crippen LogP contribution in [0.25, 0.3) is 0 Å². The van der Waals surface area contributed by atoms with Crippen LogP contribution in [0.2, 0.25) is 0 Å². The Kier molecular flexibility index (Phi) is 9.32. The maximum atomic E-state index is 13.1. The van der Waals surface area contributed by atoms with Crippen LogP contribution in [0.4, 0.5) is 16.2 Å². The van der Waals surface area contributed by atoms with E-state index >= 15 is 0 Å². The first-order valence-corrected chi connectivity index (χ1v) is 12.2. The number of nitrogens with one attached hydrogen (secondary N) is 3. The van der Waals surface area contributed by atoms with Gasteiger partial charge in [-0.05, 0) is 55.2 Å².